The maximum atomic E-state index is 13.4. The number of benzene rings is 2. The highest BCUT2D eigenvalue weighted by atomic mass is 32.2. The first-order chi connectivity index (χ1) is 13.7. The standard InChI is InChI=1S/C22H25F2NO3S/c1-3-22(23,24)15-7-8-17(2)16-25(19-9-5-4-6-10-19)29(28)20-13-11-18(12-14-20)21(26)27/h4-6,9-14,16H,3,7-8,15H2,1-2H3,(H,26,27)/b17-16+. The van der Waals surface area contributed by atoms with Crippen LogP contribution in [0.2, 0.25) is 0 Å². The summed E-state index contributed by atoms with van der Waals surface area (Å²) in [5.41, 5.74) is 1.63. The van der Waals surface area contributed by atoms with E-state index >= 15 is 0 Å². The van der Waals surface area contributed by atoms with Crippen LogP contribution >= 0.6 is 0 Å². The number of carboxylic acid groups (broad SMARTS) is 1. The van der Waals surface area contributed by atoms with E-state index in [0.29, 0.717) is 23.4 Å². The average Bonchev–Trinajstić information content (AvgIpc) is 2.72. The van der Waals surface area contributed by atoms with E-state index < -0.39 is 22.9 Å². The number of alkyl halides is 2. The third kappa shape index (κ3) is 6.78. The number of aromatic carboxylic acids is 1. The molecule has 0 radical (unpaired) electrons. The number of hydrogen-bond donors (Lipinski definition) is 1. The highest BCUT2D eigenvalue weighted by Crippen LogP contribution is 2.27. The van der Waals surface area contributed by atoms with E-state index in [0.717, 1.165) is 5.57 Å². The third-order valence-corrected chi connectivity index (χ3v) is 5.81. The summed E-state index contributed by atoms with van der Waals surface area (Å²) in [7, 11) is -1.62. The van der Waals surface area contributed by atoms with E-state index in [1.165, 1.54) is 31.2 Å². The Bertz CT molecular complexity index is 867. The Morgan fingerprint density at radius 3 is 2.31 bits per heavy atom. The van der Waals surface area contributed by atoms with E-state index in [2.05, 4.69) is 0 Å². The molecule has 0 saturated carbocycles. The fourth-order valence-corrected chi connectivity index (χ4v) is 3.87. The molecule has 156 valence electrons. The molecule has 0 amide bonds. The minimum atomic E-state index is -2.66. The second-order valence-corrected chi connectivity index (χ2v) is 8.14. The maximum Gasteiger partial charge on any atom is 0.335 e. The first-order valence-corrected chi connectivity index (χ1v) is 10.5. The zero-order valence-electron chi connectivity index (χ0n) is 16.5. The Labute approximate surface area is 172 Å². The lowest BCUT2D eigenvalue weighted by Gasteiger charge is -2.21. The Kier molecular flexibility index (Phi) is 8.08. The quantitative estimate of drug-likeness (QED) is 0.509. The zero-order valence-corrected chi connectivity index (χ0v) is 17.3. The van der Waals surface area contributed by atoms with Gasteiger partial charge in [-0.3, -0.25) is 4.31 Å². The first kappa shape index (κ1) is 22.7. The van der Waals surface area contributed by atoms with E-state index in [1.807, 2.05) is 25.1 Å². The number of carboxylic acids is 1. The van der Waals surface area contributed by atoms with Crippen molar-refractivity contribution in [2.24, 2.45) is 0 Å². The van der Waals surface area contributed by atoms with Crippen LogP contribution in [0.25, 0.3) is 0 Å². The van der Waals surface area contributed by atoms with Crippen LogP contribution in [0.1, 0.15) is 49.9 Å². The largest absolute Gasteiger partial charge is 0.478 e. The van der Waals surface area contributed by atoms with Gasteiger partial charge in [0.15, 0.2) is 11.0 Å². The Morgan fingerprint density at radius 2 is 1.76 bits per heavy atom. The van der Waals surface area contributed by atoms with Crippen molar-refractivity contribution >= 4 is 22.6 Å². The van der Waals surface area contributed by atoms with Gasteiger partial charge in [-0.25, -0.2) is 17.8 Å². The molecule has 2 aromatic carbocycles. The smallest absolute Gasteiger partial charge is 0.335 e. The lowest BCUT2D eigenvalue weighted by Crippen LogP contribution is -2.20. The summed E-state index contributed by atoms with van der Waals surface area (Å²) < 4.78 is 41.6. The van der Waals surface area contributed by atoms with Crippen LogP contribution in [-0.2, 0) is 11.0 Å². The molecule has 7 heteroatoms. The van der Waals surface area contributed by atoms with Gasteiger partial charge in [0.05, 0.1) is 16.1 Å². The normalized spacial score (nSPS) is 13.2. The Hall–Kier alpha value is -2.54. The van der Waals surface area contributed by atoms with Crippen molar-refractivity contribution in [1.29, 1.82) is 0 Å². The van der Waals surface area contributed by atoms with Crippen molar-refractivity contribution < 1.29 is 22.9 Å². The van der Waals surface area contributed by atoms with Gasteiger partial charge in [-0.2, -0.15) is 0 Å². The number of anilines is 1. The molecule has 1 unspecified atom stereocenters. The first-order valence-electron chi connectivity index (χ1n) is 9.38. The summed E-state index contributed by atoms with van der Waals surface area (Å²) in [4.78, 5) is 11.5. The molecule has 2 aromatic rings. The molecule has 1 N–H and O–H groups in total. The molecule has 2 rings (SSSR count). The predicted molar refractivity (Wildman–Crippen MR) is 112 cm³/mol. The van der Waals surface area contributed by atoms with Crippen LogP contribution < -0.4 is 4.31 Å². The van der Waals surface area contributed by atoms with Gasteiger partial charge in [0.1, 0.15) is 0 Å². The lowest BCUT2D eigenvalue weighted by molar-refractivity contribution is -0.0130. The highest BCUT2D eigenvalue weighted by Gasteiger charge is 2.25. The minimum absolute atomic E-state index is 0.112. The summed E-state index contributed by atoms with van der Waals surface area (Å²) in [6.45, 7) is 3.30. The van der Waals surface area contributed by atoms with Crippen molar-refractivity contribution in [1.82, 2.24) is 0 Å². The number of carbonyl (C=O) groups is 1. The molecule has 1 atom stereocenters. The number of halogens is 2. The van der Waals surface area contributed by atoms with Crippen molar-refractivity contribution in [2.45, 2.75) is 50.3 Å². The molecule has 0 spiro atoms. The molecular formula is C22H25F2NO3S. The Morgan fingerprint density at radius 1 is 1.14 bits per heavy atom. The average molecular weight is 422 g/mol. The van der Waals surface area contributed by atoms with Gasteiger partial charge in [0.2, 0.25) is 5.92 Å². The third-order valence-electron chi connectivity index (χ3n) is 4.46. The summed E-state index contributed by atoms with van der Waals surface area (Å²) in [5, 5.41) is 9.03. The van der Waals surface area contributed by atoms with Gasteiger partial charge in [-0.1, -0.05) is 30.7 Å². The van der Waals surface area contributed by atoms with Gasteiger partial charge in [-0.05, 0) is 56.2 Å². The zero-order chi connectivity index (χ0) is 21.4. The number of nitrogens with zero attached hydrogens (tertiary/aromatic N) is 1. The molecule has 0 aliphatic carbocycles. The fraction of sp³-hybridized carbons (Fsp3) is 0.318. The van der Waals surface area contributed by atoms with Crippen LogP contribution in [0.4, 0.5) is 14.5 Å². The molecule has 0 fully saturated rings. The highest BCUT2D eigenvalue weighted by molar-refractivity contribution is 7.86. The molecule has 0 bridgehead atoms. The van der Waals surface area contributed by atoms with Gasteiger partial charge >= 0.3 is 5.97 Å². The number of hydrogen-bond acceptors (Lipinski definition) is 2. The van der Waals surface area contributed by atoms with E-state index in [1.54, 1.807) is 22.6 Å². The number of rotatable bonds is 10. The molecule has 0 heterocycles. The molecule has 0 saturated heterocycles. The maximum absolute atomic E-state index is 13.4. The molecular weight excluding hydrogens is 396 g/mol. The molecule has 0 aliphatic heterocycles. The molecule has 0 aliphatic rings. The summed E-state index contributed by atoms with van der Waals surface area (Å²) in [6.07, 6.45) is 2.16. The Balaban J connectivity index is 2.23. The van der Waals surface area contributed by atoms with Gasteiger partial charge in [0.25, 0.3) is 0 Å². The van der Waals surface area contributed by atoms with Crippen molar-refractivity contribution in [3.05, 3.63) is 71.9 Å². The predicted octanol–water partition coefficient (Wildman–Crippen LogP) is 6.03. The van der Waals surface area contributed by atoms with Crippen LogP contribution in [0, 0.1) is 0 Å². The van der Waals surface area contributed by atoms with Gasteiger partial charge in [-0.15, -0.1) is 0 Å². The minimum Gasteiger partial charge on any atom is -0.478 e. The van der Waals surface area contributed by atoms with Gasteiger partial charge < -0.3 is 5.11 Å². The van der Waals surface area contributed by atoms with E-state index in [9.17, 15) is 17.8 Å². The molecule has 4 nitrogen and oxygen atoms in total. The van der Waals surface area contributed by atoms with Crippen LogP contribution in [0.15, 0.2) is 71.3 Å². The van der Waals surface area contributed by atoms with Crippen LogP contribution in [-0.4, -0.2) is 21.2 Å². The second-order valence-electron chi connectivity index (χ2n) is 6.78. The topological polar surface area (TPSA) is 57.6 Å². The fourth-order valence-electron chi connectivity index (χ4n) is 2.69. The summed E-state index contributed by atoms with van der Waals surface area (Å²) in [6, 6.07) is 14.9. The number of para-hydroxylation sites is 1. The number of allylic oxidation sites excluding steroid dienone is 1. The molecule has 29 heavy (non-hydrogen) atoms. The van der Waals surface area contributed by atoms with Gasteiger partial charge in [0, 0.05) is 19.0 Å². The monoisotopic (exact) mass is 421 g/mol. The SMILES string of the molecule is CCC(F)(F)CCC/C(C)=C/N(c1ccccc1)S(=O)c1ccc(C(=O)O)cc1. The van der Waals surface area contributed by atoms with Crippen molar-refractivity contribution in [3.63, 3.8) is 0 Å². The van der Waals surface area contributed by atoms with Crippen molar-refractivity contribution in [3.8, 4) is 0 Å². The second kappa shape index (κ2) is 10.3. The summed E-state index contributed by atoms with van der Waals surface area (Å²) in [5.74, 6) is -3.71. The molecule has 0 aromatic heterocycles. The van der Waals surface area contributed by atoms with E-state index in [4.69, 9.17) is 5.11 Å². The van der Waals surface area contributed by atoms with Crippen LogP contribution in [0.5, 0.6) is 0 Å². The van der Waals surface area contributed by atoms with E-state index in [-0.39, 0.29) is 18.4 Å². The van der Waals surface area contributed by atoms with Crippen molar-refractivity contribution in [2.75, 3.05) is 4.31 Å². The van der Waals surface area contributed by atoms with Crippen LogP contribution in [0.3, 0.4) is 0 Å². The summed E-state index contributed by atoms with van der Waals surface area (Å²) >= 11 is 0. The lowest BCUT2D eigenvalue weighted by atomic mass is 10.1.